The summed E-state index contributed by atoms with van der Waals surface area (Å²) in [5.74, 6) is 0.997. The Balaban J connectivity index is 1.43. The topological polar surface area (TPSA) is 58.6 Å². The molecule has 1 fully saturated rings. The Morgan fingerprint density at radius 3 is 2.62 bits per heavy atom. The van der Waals surface area contributed by atoms with Crippen molar-refractivity contribution in [3.8, 4) is 5.75 Å². The van der Waals surface area contributed by atoms with E-state index in [1.165, 1.54) is 5.56 Å². The molecule has 1 saturated heterocycles. The summed E-state index contributed by atoms with van der Waals surface area (Å²) in [5.41, 5.74) is 4.62. The average molecular weight is 475 g/mol. The van der Waals surface area contributed by atoms with Gasteiger partial charge in [-0.15, -0.1) is 11.8 Å². The molecule has 176 valence electrons. The van der Waals surface area contributed by atoms with Crippen LogP contribution in [0.5, 0.6) is 5.75 Å². The summed E-state index contributed by atoms with van der Waals surface area (Å²) in [7, 11) is 1.61. The maximum atomic E-state index is 12.9. The van der Waals surface area contributed by atoms with Gasteiger partial charge in [-0.3, -0.25) is 14.5 Å². The molecule has 0 spiro atoms. The largest absolute Gasteiger partial charge is 0.495 e. The molecule has 1 N–H and O–H groups in total. The molecule has 1 atom stereocenters. The first kappa shape index (κ1) is 23.9. The number of rotatable bonds is 9. The number of methoxy groups -OCH3 is 1. The zero-order chi connectivity index (χ0) is 23.9. The molecule has 0 aromatic heterocycles. The first-order chi connectivity index (χ1) is 16.6. The van der Waals surface area contributed by atoms with Crippen molar-refractivity contribution in [2.24, 2.45) is 0 Å². The van der Waals surface area contributed by atoms with Gasteiger partial charge in [0.1, 0.15) is 11.1 Å². The molecule has 3 aromatic rings. The number of carbonyl (C=O) groups is 2. The summed E-state index contributed by atoms with van der Waals surface area (Å²) in [6, 6.07) is 23.8. The van der Waals surface area contributed by atoms with Gasteiger partial charge in [0.15, 0.2) is 0 Å². The van der Waals surface area contributed by atoms with Crippen LogP contribution in [0.2, 0.25) is 0 Å². The Hall–Kier alpha value is -3.25. The Kier molecular flexibility index (Phi) is 7.91. The van der Waals surface area contributed by atoms with Crippen LogP contribution in [0.1, 0.15) is 45.3 Å². The molecule has 5 nitrogen and oxygen atoms in total. The van der Waals surface area contributed by atoms with E-state index in [0.29, 0.717) is 23.6 Å². The molecule has 0 saturated carbocycles. The Morgan fingerprint density at radius 1 is 1.06 bits per heavy atom. The van der Waals surface area contributed by atoms with Crippen molar-refractivity contribution in [2.45, 2.75) is 31.6 Å². The summed E-state index contributed by atoms with van der Waals surface area (Å²) in [6.45, 7) is 2.62. The van der Waals surface area contributed by atoms with E-state index in [4.69, 9.17) is 4.74 Å². The van der Waals surface area contributed by atoms with Crippen LogP contribution in [0.3, 0.4) is 0 Å². The third-order valence-corrected chi connectivity index (χ3v) is 7.09. The highest BCUT2D eigenvalue weighted by atomic mass is 32.2. The van der Waals surface area contributed by atoms with E-state index >= 15 is 0 Å². The van der Waals surface area contributed by atoms with Crippen LogP contribution >= 0.6 is 11.8 Å². The predicted molar refractivity (Wildman–Crippen MR) is 139 cm³/mol. The first-order valence-electron chi connectivity index (χ1n) is 11.6. The number of hydrogen-bond donors (Lipinski definition) is 1. The predicted octanol–water partition coefficient (Wildman–Crippen LogP) is 5.53. The fourth-order valence-corrected chi connectivity index (χ4v) is 5.40. The van der Waals surface area contributed by atoms with Crippen LogP contribution in [-0.4, -0.2) is 31.2 Å². The molecule has 1 heterocycles. The molecule has 0 radical (unpaired) electrons. The third-order valence-electron chi connectivity index (χ3n) is 5.88. The lowest BCUT2D eigenvalue weighted by atomic mass is 10.0. The first-order valence-corrected chi connectivity index (χ1v) is 12.6. The normalized spacial score (nSPS) is 15.4. The van der Waals surface area contributed by atoms with Crippen LogP contribution in [0, 0.1) is 6.92 Å². The maximum absolute atomic E-state index is 12.9. The number of thioether (sulfide) groups is 1. The SMILES string of the molecule is COc1ccccc1N1C(=O)CSC1c1cc(C)cc(C(=O)NCCCCc2ccccc2)c1. The molecule has 3 aromatic carbocycles. The van der Waals surface area contributed by atoms with Gasteiger partial charge in [0, 0.05) is 12.1 Å². The lowest BCUT2D eigenvalue weighted by molar-refractivity contribution is -0.115. The maximum Gasteiger partial charge on any atom is 0.251 e. The number of nitrogens with zero attached hydrogens (tertiary/aromatic N) is 1. The zero-order valence-corrected chi connectivity index (χ0v) is 20.4. The fourth-order valence-electron chi connectivity index (χ4n) is 4.25. The molecule has 34 heavy (non-hydrogen) atoms. The molecule has 2 amide bonds. The Bertz CT molecular complexity index is 1150. The molecular weight excluding hydrogens is 444 g/mol. The molecule has 4 rings (SSSR count). The van der Waals surface area contributed by atoms with E-state index in [1.54, 1.807) is 23.8 Å². The molecule has 0 aliphatic carbocycles. The number of aryl methyl sites for hydroxylation is 2. The molecule has 0 bridgehead atoms. The smallest absolute Gasteiger partial charge is 0.251 e. The van der Waals surface area contributed by atoms with Crippen molar-refractivity contribution in [3.05, 3.63) is 95.1 Å². The molecule has 6 heteroatoms. The van der Waals surface area contributed by atoms with Crippen LogP contribution in [0.15, 0.2) is 72.8 Å². The van der Waals surface area contributed by atoms with Crippen molar-refractivity contribution in [3.63, 3.8) is 0 Å². The van der Waals surface area contributed by atoms with Gasteiger partial charge in [-0.25, -0.2) is 0 Å². The minimum atomic E-state index is -0.207. The van der Waals surface area contributed by atoms with Crippen molar-refractivity contribution in [1.82, 2.24) is 5.32 Å². The van der Waals surface area contributed by atoms with Crippen LogP contribution in [0.4, 0.5) is 5.69 Å². The van der Waals surface area contributed by atoms with Crippen molar-refractivity contribution >= 4 is 29.3 Å². The van der Waals surface area contributed by atoms with Crippen LogP contribution in [-0.2, 0) is 11.2 Å². The summed E-state index contributed by atoms with van der Waals surface area (Å²) in [6.07, 6.45) is 2.96. The number of ether oxygens (including phenoxy) is 1. The number of hydrogen-bond acceptors (Lipinski definition) is 4. The number of para-hydroxylation sites is 2. The number of benzene rings is 3. The van der Waals surface area contributed by atoms with Gasteiger partial charge >= 0.3 is 0 Å². The van der Waals surface area contributed by atoms with E-state index in [1.807, 2.05) is 49.4 Å². The second-order valence-electron chi connectivity index (χ2n) is 8.43. The molecule has 1 unspecified atom stereocenters. The van der Waals surface area contributed by atoms with Crippen molar-refractivity contribution in [1.29, 1.82) is 0 Å². The second-order valence-corrected chi connectivity index (χ2v) is 9.50. The average Bonchev–Trinajstić information content (AvgIpc) is 3.25. The van der Waals surface area contributed by atoms with Gasteiger partial charge in [-0.05, 0) is 67.1 Å². The highest BCUT2D eigenvalue weighted by Crippen LogP contribution is 2.45. The molecule has 1 aliphatic rings. The number of carbonyl (C=O) groups excluding carboxylic acids is 2. The minimum absolute atomic E-state index is 0.0328. The van der Waals surface area contributed by atoms with Gasteiger partial charge in [0.05, 0.1) is 18.6 Å². The van der Waals surface area contributed by atoms with Gasteiger partial charge in [-0.1, -0.05) is 48.5 Å². The summed E-state index contributed by atoms with van der Waals surface area (Å²) in [5, 5.41) is 2.85. The van der Waals surface area contributed by atoms with Crippen molar-refractivity contribution in [2.75, 3.05) is 24.3 Å². The number of amides is 2. The van der Waals surface area contributed by atoms with Gasteiger partial charge in [0.2, 0.25) is 5.91 Å². The van der Waals surface area contributed by atoms with Gasteiger partial charge in [-0.2, -0.15) is 0 Å². The number of anilines is 1. The lowest BCUT2D eigenvalue weighted by Crippen LogP contribution is -2.29. The minimum Gasteiger partial charge on any atom is -0.495 e. The van der Waals surface area contributed by atoms with E-state index in [0.717, 1.165) is 36.1 Å². The standard InChI is InChI=1S/C28H30N2O3S/c1-20-16-22(27(32)29-15-9-8-12-21-10-4-3-5-11-21)18-23(17-20)28-30(26(31)19-34-28)24-13-6-7-14-25(24)33-2/h3-7,10-11,13-14,16-18,28H,8-9,12,15,19H2,1-2H3,(H,29,32). The monoisotopic (exact) mass is 474 g/mol. The molecule has 1 aliphatic heterocycles. The zero-order valence-electron chi connectivity index (χ0n) is 19.6. The van der Waals surface area contributed by atoms with E-state index in [2.05, 4.69) is 35.6 Å². The third kappa shape index (κ3) is 5.62. The van der Waals surface area contributed by atoms with Gasteiger partial charge < -0.3 is 10.1 Å². The Labute approximate surface area is 205 Å². The summed E-state index contributed by atoms with van der Waals surface area (Å²) < 4.78 is 5.50. The van der Waals surface area contributed by atoms with Gasteiger partial charge in [0.25, 0.3) is 5.91 Å². The quantitative estimate of drug-likeness (QED) is 0.414. The van der Waals surface area contributed by atoms with Crippen molar-refractivity contribution < 1.29 is 14.3 Å². The van der Waals surface area contributed by atoms with Crippen LogP contribution in [0.25, 0.3) is 0 Å². The second kappa shape index (κ2) is 11.3. The lowest BCUT2D eigenvalue weighted by Gasteiger charge is -2.26. The van der Waals surface area contributed by atoms with E-state index < -0.39 is 0 Å². The highest BCUT2D eigenvalue weighted by molar-refractivity contribution is 8.00. The highest BCUT2D eigenvalue weighted by Gasteiger charge is 2.36. The van der Waals surface area contributed by atoms with E-state index in [-0.39, 0.29) is 17.2 Å². The number of unbranched alkanes of at least 4 members (excludes halogenated alkanes) is 1. The fraction of sp³-hybridized carbons (Fsp3) is 0.286. The Morgan fingerprint density at radius 2 is 1.82 bits per heavy atom. The van der Waals surface area contributed by atoms with Crippen LogP contribution < -0.4 is 15.0 Å². The molecular formula is C28H30N2O3S. The number of nitrogens with one attached hydrogen (secondary N) is 1. The summed E-state index contributed by atoms with van der Waals surface area (Å²) >= 11 is 1.57. The van der Waals surface area contributed by atoms with E-state index in [9.17, 15) is 9.59 Å². The summed E-state index contributed by atoms with van der Waals surface area (Å²) in [4.78, 5) is 27.5.